The summed E-state index contributed by atoms with van der Waals surface area (Å²) in [6.07, 6.45) is 7.37. The number of hydrogen-bond donors (Lipinski definition) is 4. The quantitative estimate of drug-likeness (QED) is 0.109. The van der Waals surface area contributed by atoms with E-state index in [1.54, 1.807) is 4.90 Å². The molecule has 0 spiro atoms. The Hall–Kier alpha value is -3.71. The summed E-state index contributed by atoms with van der Waals surface area (Å²) < 4.78 is 32.1. The van der Waals surface area contributed by atoms with E-state index >= 15 is 0 Å². The predicted molar refractivity (Wildman–Crippen MR) is 214 cm³/mol. The molecule has 0 bridgehead atoms. The van der Waals surface area contributed by atoms with E-state index in [0.717, 1.165) is 48.8 Å². The fourth-order valence-electron chi connectivity index (χ4n) is 6.90. The van der Waals surface area contributed by atoms with Crippen LogP contribution in [-0.4, -0.2) is 90.1 Å². The lowest BCUT2D eigenvalue weighted by molar-refractivity contribution is -0.130. The molecule has 3 aromatic carbocycles. The molecule has 12 nitrogen and oxygen atoms in total. The second-order valence-corrected chi connectivity index (χ2v) is 17.2. The van der Waals surface area contributed by atoms with E-state index in [2.05, 4.69) is 16.0 Å². The van der Waals surface area contributed by atoms with E-state index in [9.17, 15) is 24.1 Å². The van der Waals surface area contributed by atoms with Crippen LogP contribution in [0.1, 0.15) is 55.2 Å². The minimum absolute atomic E-state index is 0.0712. The Balaban J connectivity index is 1.36. The van der Waals surface area contributed by atoms with E-state index in [1.165, 1.54) is 11.8 Å². The van der Waals surface area contributed by atoms with Gasteiger partial charge in [0.25, 0.3) is 0 Å². The van der Waals surface area contributed by atoms with E-state index < -0.39 is 43.4 Å². The van der Waals surface area contributed by atoms with Crippen LogP contribution in [0.5, 0.6) is 0 Å². The number of thioether (sulfide) groups is 1. The van der Waals surface area contributed by atoms with Crippen molar-refractivity contribution in [3.63, 3.8) is 0 Å². The lowest BCUT2D eigenvalue weighted by Crippen LogP contribution is -2.59. The third-order valence-corrected chi connectivity index (χ3v) is 12.6. The van der Waals surface area contributed by atoms with Crippen molar-refractivity contribution in [2.24, 2.45) is 5.92 Å². The maximum Gasteiger partial charge on any atom is 0.361 e. The average Bonchev–Trinajstić information content (AvgIpc) is 3.23. The molecular formula is C41H55N4O8PS. The molecule has 1 unspecified atom stereocenters. The van der Waals surface area contributed by atoms with Gasteiger partial charge in [0.05, 0.1) is 32.5 Å². The molecule has 2 fully saturated rings. The molecule has 4 N–H and O–H groups in total. The van der Waals surface area contributed by atoms with Gasteiger partial charge in [0.1, 0.15) is 12.1 Å². The van der Waals surface area contributed by atoms with Gasteiger partial charge in [-0.15, -0.1) is 0 Å². The number of hydrogen-bond acceptors (Lipinski definition) is 9. The number of aliphatic hydroxyl groups is 1. The summed E-state index contributed by atoms with van der Waals surface area (Å²) in [6.45, 7) is 1.49. The molecule has 14 heteroatoms. The van der Waals surface area contributed by atoms with Gasteiger partial charge < -0.3 is 39.7 Å². The number of ether oxygens (including phenoxy) is 1. The third kappa shape index (κ3) is 13.5. The van der Waals surface area contributed by atoms with Crippen LogP contribution < -0.4 is 16.0 Å². The van der Waals surface area contributed by atoms with Crippen molar-refractivity contribution in [2.75, 3.05) is 38.3 Å². The summed E-state index contributed by atoms with van der Waals surface area (Å²) >= 11 is 1.37. The van der Waals surface area contributed by atoms with Crippen molar-refractivity contribution in [2.45, 2.75) is 82.1 Å². The largest absolute Gasteiger partial charge is 0.379 e. The van der Waals surface area contributed by atoms with Crippen LogP contribution in [0.2, 0.25) is 0 Å². The van der Waals surface area contributed by atoms with Crippen LogP contribution in [0.3, 0.4) is 0 Å². The molecule has 55 heavy (non-hydrogen) atoms. The topological polar surface area (TPSA) is 156 Å². The maximum atomic E-state index is 14.7. The molecule has 4 amide bonds. The number of nitrogens with one attached hydrogen (secondary N) is 3. The van der Waals surface area contributed by atoms with Crippen molar-refractivity contribution < 1.29 is 37.8 Å². The summed E-state index contributed by atoms with van der Waals surface area (Å²) in [5.74, 6) is -2.38. The number of amides is 4. The molecule has 2 aliphatic rings. The van der Waals surface area contributed by atoms with Gasteiger partial charge in [0.2, 0.25) is 11.8 Å². The summed E-state index contributed by atoms with van der Waals surface area (Å²) in [7, 11) is -4.29. The van der Waals surface area contributed by atoms with Gasteiger partial charge in [-0.2, -0.15) is 11.8 Å². The van der Waals surface area contributed by atoms with Crippen LogP contribution in [-0.2, 0) is 47.6 Å². The number of aliphatic hydroxyl groups excluding tert-OH is 1. The standard InChI is InChI=1S/C41H55N4O8PS/c1-55-30-37(43-38(46)35(26-31-14-6-2-7-15-31)44-41(49)45-22-24-51-25-23-45)39(47)42-36(27-32-16-8-3-9-17-32)40(48)54(50,52-28-33-18-10-4-11-19-33)53-29-34-20-12-5-13-21-34/h2,4-7,10-15,18-21,32,35-37,40,48H,3,8-9,16-17,22-30H2,1H3,(H,42,47)(H,43,46)(H,44,49)/t35-,36-,37-,40?/m0/s1. The molecule has 1 saturated carbocycles. The van der Waals surface area contributed by atoms with E-state index in [0.29, 0.717) is 32.7 Å². The molecule has 0 radical (unpaired) electrons. The molecule has 0 aromatic heterocycles. The fourth-order valence-corrected chi connectivity index (χ4v) is 9.14. The monoisotopic (exact) mass is 794 g/mol. The lowest BCUT2D eigenvalue weighted by Gasteiger charge is -2.34. The molecule has 4 atom stereocenters. The Kier molecular flexibility index (Phi) is 17.1. The van der Waals surface area contributed by atoms with Crippen LogP contribution in [0, 0.1) is 5.92 Å². The van der Waals surface area contributed by atoms with Crippen molar-refractivity contribution in [1.29, 1.82) is 0 Å². The smallest absolute Gasteiger partial charge is 0.361 e. The molecule has 5 rings (SSSR count). The van der Waals surface area contributed by atoms with Gasteiger partial charge in [0, 0.05) is 25.3 Å². The summed E-state index contributed by atoms with van der Waals surface area (Å²) in [4.78, 5) is 43.1. The van der Waals surface area contributed by atoms with Gasteiger partial charge in [-0.05, 0) is 35.3 Å². The van der Waals surface area contributed by atoms with Gasteiger partial charge >= 0.3 is 13.6 Å². The van der Waals surface area contributed by atoms with E-state index in [1.807, 2.05) is 97.3 Å². The Labute approximate surface area is 329 Å². The number of carbonyl (C=O) groups excluding carboxylic acids is 3. The van der Waals surface area contributed by atoms with Crippen molar-refractivity contribution in [1.82, 2.24) is 20.9 Å². The van der Waals surface area contributed by atoms with Crippen LogP contribution >= 0.6 is 19.4 Å². The van der Waals surface area contributed by atoms with Crippen molar-refractivity contribution >= 4 is 37.2 Å². The fraction of sp³-hybridized carbons (Fsp3) is 0.488. The Morgan fingerprint density at radius 2 is 1.31 bits per heavy atom. The first kappa shape index (κ1) is 42.4. The average molecular weight is 795 g/mol. The number of benzene rings is 3. The summed E-state index contributed by atoms with van der Waals surface area (Å²) in [5.41, 5.74) is 2.34. The van der Waals surface area contributed by atoms with Crippen molar-refractivity contribution in [3.05, 3.63) is 108 Å². The van der Waals surface area contributed by atoms with E-state index in [-0.39, 0.29) is 37.3 Å². The highest BCUT2D eigenvalue weighted by Crippen LogP contribution is 2.55. The van der Waals surface area contributed by atoms with Crippen LogP contribution in [0.25, 0.3) is 0 Å². The summed E-state index contributed by atoms with van der Waals surface area (Å²) in [5, 5.41) is 20.8. The number of carbonyl (C=O) groups is 3. The normalized spacial score (nSPS) is 17.4. The van der Waals surface area contributed by atoms with Gasteiger partial charge in [-0.25, -0.2) is 4.79 Å². The number of morpholine rings is 1. The highest BCUT2D eigenvalue weighted by Gasteiger charge is 2.43. The molecule has 1 heterocycles. The lowest BCUT2D eigenvalue weighted by atomic mass is 9.85. The van der Waals surface area contributed by atoms with Gasteiger partial charge in [-0.3, -0.25) is 14.2 Å². The Morgan fingerprint density at radius 1 is 0.782 bits per heavy atom. The van der Waals surface area contributed by atoms with Crippen LogP contribution in [0.4, 0.5) is 4.79 Å². The number of rotatable bonds is 19. The predicted octanol–water partition coefficient (Wildman–Crippen LogP) is 5.89. The molecule has 1 aliphatic carbocycles. The zero-order chi connectivity index (χ0) is 38.9. The number of urea groups is 1. The minimum Gasteiger partial charge on any atom is -0.379 e. The zero-order valence-electron chi connectivity index (χ0n) is 31.6. The molecule has 1 saturated heterocycles. The highest BCUT2D eigenvalue weighted by molar-refractivity contribution is 7.98. The molecule has 1 aliphatic heterocycles. The molecule has 3 aromatic rings. The maximum absolute atomic E-state index is 14.7. The first-order chi connectivity index (χ1) is 26.7. The SMILES string of the molecule is CSC[C@H](NC(=O)[C@H](Cc1ccccc1)NC(=O)N1CCOCC1)C(=O)N[C@@H](CC1CCCCC1)C(O)P(=O)(OCc1ccccc1)OCc1ccccc1. The Morgan fingerprint density at radius 3 is 1.85 bits per heavy atom. The second-order valence-electron chi connectivity index (χ2n) is 14.1. The number of nitrogens with zero attached hydrogens (tertiary/aromatic N) is 1. The second kappa shape index (κ2) is 22.1. The highest BCUT2D eigenvalue weighted by atomic mass is 32.2. The minimum atomic E-state index is -4.29. The first-order valence-electron chi connectivity index (χ1n) is 19.2. The van der Waals surface area contributed by atoms with Gasteiger partial charge in [0.15, 0.2) is 5.85 Å². The van der Waals surface area contributed by atoms with Crippen LogP contribution in [0.15, 0.2) is 91.0 Å². The Bertz CT molecular complexity index is 1620. The molecular weight excluding hydrogens is 740 g/mol. The first-order valence-corrected chi connectivity index (χ1v) is 22.2. The summed E-state index contributed by atoms with van der Waals surface area (Å²) in [6, 6.07) is 24.4. The van der Waals surface area contributed by atoms with Gasteiger partial charge in [-0.1, -0.05) is 123 Å². The molecule has 298 valence electrons. The van der Waals surface area contributed by atoms with E-state index in [4.69, 9.17) is 13.8 Å². The third-order valence-electron chi connectivity index (χ3n) is 9.99. The van der Waals surface area contributed by atoms with Crippen molar-refractivity contribution in [3.8, 4) is 0 Å². The zero-order valence-corrected chi connectivity index (χ0v) is 33.3.